The van der Waals surface area contributed by atoms with Gasteiger partial charge in [0.2, 0.25) is 0 Å². The van der Waals surface area contributed by atoms with Crippen molar-refractivity contribution in [2.45, 2.75) is 19.1 Å². The first kappa shape index (κ1) is 13.0. The van der Waals surface area contributed by atoms with Crippen molar-refractivity contribution in [2.75, 3.05) is 20.3 Å². The van der Waals surface area contributed by atoms with Crippen LogP contribution in [0.5, 0.6) is 5.75 Å². The van der Waals surface area contributed by atoms with E-state index in [9.17, 15) is 5.11 Å². The number of rotatable bonds is 6. The summed E-state index contributed by atoms with van der Waals surface area (Å²) in [6.07, 6.45) is -0.631. The van der Waals surface area contributed by atoms with Crippen molar-refractivity contribution in [1.29, 1.82) is 0 Å². The molecular weight excluding hydrogens is 206 g/mol. The second-order valence-corrected chi connectivity index (χ2v) is 3.71. The first-order chi connectivity index (χ1) is 7.65. The fourth-order valence-electron chi connectivity index (χ4n) is 1.31. The molecule has 0 saturated carbocycles. The van der Waals surface area contributed by atoms with Gasteiger partial charge >= 0.3 is 0 Å². The van der Waals surface area contributed by atoms with Crippen molar-refractivity contribution in [1.82, 2.24) is 0 Å². The highest BCUT2D eigenvalue weighted by atomic mass is 16.5. The van der Waals surface area contributed by atoms with E-state index in [-0.39, 0.29) is 6.04 Å². The van der Waals surface area contributed by atoms with Crippen molar-refractivity contribution in [3.63, 3.8) is 0 Å². The summed E-state index contributed by atoms with van der Waals surface area (Å²) in [5.41, 5.74) is 6.41. The Morgan fingerprint density at radius 2 is 1.88 bits per heavy atom. The topological polar surface area (TPSA) is 64.7 Å². The van der Waals surface area contributed by atoms with Gasteiger partial charge < -0.3 is 20.3 Å². The van der Waals surface area contributed by atoms with Gasteiger partial charge in [0.15, 0.2) is 0 Å². The predicted molar refractivity (Wildman–Crippen MR) is 62.4 cm³/mol. The van der Waals surface area contributed by atoms with E-state index < -0.39 is 6.10 Å². The number of benzene rings is 1. The predicted octanol–water partition coefficient (Wildman–Crippen LogP) is 1.09. The summed E-state index contributed by atoms with van der Waals surface area (Å²) in [6.45, 7) is 2.85. The Bertz CT molecular complexity index is 298. The molecule has 4 heteroatoms. The molecular formula is C12H19NO3. The molecule has 1 aromatic carbocycles. The lowest BCUT2D eigenvalue weighted by Gasteiger charge is -2.15. The lowest BCUT2D eigenvalue weighted by Crippen LogP contribution is -2.24. The first-order valence-electron chi connectivity index (χ1n) is 5.30. The van der Waals surface area contributed by atoms with Crippen LogP contribution in [0.3, 0.4) is 0 Å². The Hall–Kier alpha value is -1.10. The van der Waals surface area contributed by atoms with Crippen LogP contribution in [0.15, 0.2) is 24.3 Å². The Kier molecular flexibility index (Phi) is 5.25. The molecule has 2 unspecified atom stereocenters. The molecule has 90 valence electrons. The van der Waals surface area contributed by atoms with Crippen LogP contribution in [0.4, 0.5) is 0 Å². The molecule has 0 aliphatic rings. The van der Waals surface area contributed by atoms with E-state index in [1.165, 1.54) is 0 Å². The summed E-state index contributed by atoms with van der Waals surface area (Å²) in [5, 5.41) is 9.72. The number of methoxy groups -OCH3 is 1. The molecule has 1 rings (SSSR count). The van der Waals surface area contributed by atoms with Gasteiger partial charge in [-0.2, -0.15) is 0 Å². The molecule has 0 aliphatic heterocycles. The van der Waals surface area contributed by atoms with Gasteiger partial charge in [0.05, 0.1) is 12.7 Å². The zero-order chi connectivity index (χ0) is 12.0. The molecule has 0 amide bonds. The average molecular weight is 225 g/mol. The second kappa shape index (κ2) is 6.48. The quantitative estimate of drug-likeness (QED) is 0.711. The standard InChI is InChI=1S/C12H19NO3/c1-9(13)12(14)10-3-5-11(6-4-10)16-8-7-15-2/h3-6,9,12,14H,7-8,13H2,1-2H3. The third-order valence-electron chi connectivity index (χ3n) is 2.28. The molecule has 0 aliphatic carbocycles. The zero-order valence-corrected chi connectivity index (χ0v) is 9.72. The van der Waals surface area contributed by atoms with E-state index in [0.717, 1.165) is 11.3 Å². The Morgan fingerprint density at radius 3 is 2.38 bits per heavy atom. The van der Waals surface area contributed by atoms with Crippen molar-refractivity contribution < 1.29 is 14.6 Å². The van der Waals surface area contributed by atoms with Crippen molar-refractivity contribution in [3.8, 4) is 5.75 Å². The summed E-state index contributed by atoms with van der Waals surface area (Å²) in [7, 11) is 1.63. The maximum atomic E-state index is 9.72. The third-order valence-corrected chi connectivity index (χ3v) is 2.28. The van der Waals surface area contributed by atoms with Gasteiger partial charge in [-0.25, -0.2) is 0 Å². The van der Waals surface area contributed by atoms with Crippen LogP contribution in [0.1, 0.15) is 18.6 Å². The van der Waals surface area contributed by atoms with Gasteiger partial charge in [-0.3, -0.25) is 0 Å². The minimum absolute atomic E-state index is 0.278. The van der Waals surface area contributed by atoms with E-state index in [1.54, 1.807) is 14.0 Å². The minimum Gasteiger partial charge on any atom is -0.491 e. The fourth-order valence-corrected chi connectivity index (χ4v) is 1.31. The highest BCUT2D eigenvalue weighted by molar-refractivity contribution is 5.29. The molecule has 3 N–H and O–H groups in total. The van der Waals surface area contributed by atoms with E-state index in [1.807, 2.05) is 24.3 Å². The van der Waals surface area contributed by atoms with Crippen LogP contribution in [-0.4, -0.2) is 31.5 Å². The highest BCUT2D eigenvalue weighted by Crippen LogP contribution is 2.19. The number of nitrogens with two attached hydrogens (primary N) is 1. The molecule has 0 aromatic heterocycles. The van der Waals surface area contributed by atoms with Crippen LogP contribution < -0.4 is 10.5 Å². The Balaban J connectivity index is 2.54. The maximum Gasteiger partial charge on any atom is 0.119 e. The van der Waals surface area contributed by atoms with E-state index in [2.05, 4.69) is 0 Å². The lowest BCUT2D eigenvalue weighted by molar-refractivity contribution is 0.145. The minimum atomic E-state index is -0.631. The van der Waals surface area contributed by atoms with Crippen LogP contribution in [0, 0.1) is 0 Å². The largest absolute Gasteiger partial charge is 0.491 e. The summed E-state index contributed by atoms with van der Waals surface area (Å²) >= 11 is 0. The van der Waals surface area contributed by atoms with E-state index in [0.29, 0.717) is 13.2 Å². The Labute approximate surface area is 96.0 Å². The van der Waals surface area contributed by atoms with Gasteiger partial charge in [0.1, 0.15) is 12.4 Å². The normalized spacial score (nSPS) is 14.5. The smallest absolute Gasteiger partial charge is 0.119 e. The fraction of sp³-hybridized carbons (Fsp3) is 0.500. The average Bonchev–Trinajstić information content (AvgIpc) is 2.29. The molecule has 0 radical (unpaired) electrons. The number of hydrogen-bond acceptors (Lipinski definition) is 4. The SMILES string of the molecule is COCCOc1ccc(C(O)C(C)N)cc1. The molecule has 2 atom stereocenters. The number of aliphatic hydroxyl groups is 1. The van der Waals surface area contributed by atoms with Crippen LogP contribution >= 0.6 is 0 Å². The Morgan fingerprint density at radius 1 is 1.25 bits per heavy atom. The van der Waals surface area contributed by atoms with Crippen LogP contribution in [-0.2, 0) is 4.74 Å². The molecule has 1 aromatic rings. The van der Waals surface area contributed by atoms with Crippen molar-refractivity contribution in [3.05, 3.63) is 29.8 Å². The summed E-state index contributed by atoms with van der Waals surface area (Å²) < 4.78 is 10.3. The molecule has 0 heterocycles. The highest BCUT2D eigenvalue weighted by Gasteiger charge is 2.11. The number of hydrogen-bond donors (Lipinski definition) is 2. The zero-order valence-electron chi connectivity index (χ0n) is 9.72. The number of aliphatic hydroxyl groups excluding tert-OH is 1. The molecule has 0 fully saturated rings. The number of ether oxygens (including phenoxy) is 2. The molecule has 0 bridgehead atoms. The first-order valence-corrected chi connectivity index (χ1v) is 5.30. The van der Waals surface area contributed by atoms with Gasteiger partial charge in [-0.1, -0.05) is 12.1 Å². The summed E-state index contributed by atoms with van der Waals surface area (Å²) in [5.74, 6) is 0.762. The molecule has 0 spiro atoms. The van der Waals surface area contributed by atoms with E-state index >= 15 is 0 Å². The monoisotopic (exact) mass is 225 g/mol. The van der Waals surface area contributed by atoms with Gasteiger partial charge in [-0.15, -0.1) is 0 Å². The lowest BCUT2D eigenvalue weighted by atomic mass is 10.0. The van der Waals surface area contributed by atoms with Crippen LogP contribution in [0.2, 0.25) is 0 Å². The molecule has 0 saturated heterocycles. The van der Waals surface area contributed by atoms with Crippen molar-refractivity contribution >= 4 is 0 Å². The van der Waals surface area contributed by atoms with Gasteiger partial charge in [0.25, 0.3) is 0 Å². The maximum absolute atomic E-state index is 9.72. The third kappa shape index (κ3) is 3.81. The molecule has 4 nitrogen and oxygen atoms in total. The van der Waals surface area contributed by atoms with Gasteiger partial charge in [0, 0.05) is 13.2 Å². The second-order valence-electron chi connectivity index (χ2n) is 3.71. The summed E-state index contributed by atoms with van der Waals surface area (Å²) in [6, 6.07) is 6.99. The van der Waals surface area contributed by atoms with Gasteiger partial charge in [-0.05, 0) is 24.6 Å². The van der Waals surface area contributed by atoms with Crippen molar-refractivity contribution in [2.24, 2.45) is 5.73 Å². The molecule has 16 heavy (non-hydrogen) atoms. The summed E-state index contributed by atoms with van der Waals surface area (Å²) in [4.78, 5) is 0. The van der Waals surface area contributed by atoms with Crippen LogP contribution in [0.25, 0.3) is 0 Å². The van der Waals surface area contributed by atoms with E-state index in [4.69, 9.17) is 15.2 Å².